The molecule has 0 radical (unpaired) electrons. The van der Waals surface area contributed by atoms with Gasteiger partial charge in [-0.05, 0) is 41.9 Å². The van der Waals surface area contributed by atoms with Gasteiger partial charge in [-0.25, -0.2) is 12.8 Å². The first kappa shape index (κ1) is 14.8. The van der Waals surface area contributed by atoms with Crippen LogP contribution in [0.2, 0.25) is 0 Å². The van der Waals surface area contributed by atoms with E-state index >= 15 is 0 Å². The monoisotopic (exact) mass is 362 g/mol. The van der Waals surface area contributed by atoms with E-state index in [0.29, 0.717) is 5.56 Å². The van der Waals surface area contributed by atoms with E-state index in [2.05, 4.69) is 30.8 Å². The molecule has 2 rings (SSSR count). The van der Waals surface area contributed by atoms with Gasteiger partial charge in [-0.2, -0.15) is 5.10 Å². The smallest absolute Gasteiger partial charge is 0.265 e. The molecule has 0 saturated carbocycles. The predicted molar refractivity (Wildman–Crippen MR) is 77.4 cm³/mol. The van der Waals surface area contributed by atoms with Crippen molar-refractivity contribution < 1.29 is 12.8 Å². The fourth-order valence-electron chi connectivity index (χ4n) is 1.54. The van der Waals surface area contributed by atoms with Crippen LogP contribution < -0.4 is 10.5 Å². The van der Waals surface area contributed by atoms with Crippen LogP contribution in [0.3, 0.4) is 0 Å². The van der Waals surface area contributed by atoms with E-state index in [1.54, 1.807) is 13.8 Å². The second kappa shape index (κ2) is 5.06. The lowest BCUT2D eigenvalue weighted by Gasteiger charge is -2.10. The summed E-state index contributed by atoms with van der Waals surface area (Å²) in [6.07, 6.45) is 0. The molecule has 20 heavy (non-hydrogen) atoms. The Morgan fingerprint density at radius 2 is 2.05 bits per heavy atom. The van der Waals surface area contributed by atoms with Gasteiger partial charge in [0.2, 0.25) is 0 Å². The summed E-state index contributed by atoms with van der Waals surface area (Å²) in [4.78, 5) is -0.217. The normalized spacial score (nSPS) is 11.6. The Hall–Kier alpha value is -1.61. The molecule has 0 aliphatic rings. The summed E-state index contributed by atoms with van der Waals surface area (Å²) in [5, 5.41) is 6.52. The number of nitrogen functional groups attached to an aromatic ring is 1. The maximum atomic E-state index is 13.3. The maximum absolute atomic E-state index is 13.3. The van der Waals surface area contributed by atoms with Crippen LogP contribution in [-0.4, -0.2) is 18.6 Å². The Bertz CT molecular complexity index is 773. The van der Waals surface area contributed by atoms with Gasteiger partial charge in [-0.1, -0.05) is 0 Å². The van der Waals surface area contributed by atoms with Crippen molar-refractivity contribution >= 4 is 37.5 Å². The zero-order valence-corrected chi connectivity index (χ0v) is 13.1. The number of anilines is 2. The van der Waals surface area contributed by atoms with Crippen LogP contribution in [-0.2, 0) is 10.0 Å². The van der Waals surface area contributed by atoms with E-state index in [1.165, 1.54) is 0 Å². The third-order valence-corrected chi connectivity index (χ3v) is 4.83. The number of aromatic amines is 1. The highest BCUT2D eigenvalue weighted by atomic mass is 79.9. The quantitative estimate of drug-likeness (QED) is 0.729. The van der Waals surface area contributed by atoms with Crippen LogP contribution in [0.4, 0.5) is 15.9 Å². The highest BCUT2D eigenvalue weighted by Crippen LogP contribution is 2.28. The van der Waals surface area contributed by atoms with Gasteiger partial charge in [0.25, 0.3) is 10.0 Å². The predicted octanol–water partition coefficient (Wildman–Crippen LogP) is 2.31. The first-order valence-electron chi connectivity index (χ1n) is 5.51. The summed E-state index contributed by atoms with van der Waals surface area (Å²) < 4.78 is 40.1. The number of nitrogens with one attached hydrogen (secondary N) is 2. The van der Waals surface area contributed by atoms with E-state index in [9.17, 15) is 12.8 Å². The average Bonchev–Trinajstić information content (AvgIpc) is 2.65. The fraction of sp³-hybridized carbons (Fsp3) is 0.182. The number of hydrogen-bond donors (Lipinski definition) is 3. The second-order valence-corrected chi connectivity index (χ2v) is 6.74. The molecule has 0 aliphatic heterocycles. The molecule has 4 N–H and O–H groups in total. The van der Waals surface area contributed by atoms with Gasteiger partial charge >= 0.3 is 0 Å². The minimum atomic E-state index is -3.95. The van der Waals surface area contributed by atoms with Gasteiger partial charge in [-0.15, -0.1) is 0 Å². The third-order valence-electron chi connectivity index (χ3n) is 2.83. The van der Waals surface area contributed by atoms with E-state index in [1.807, 2.05) is 0 Å². The van der Waals surface area contributed by atoms with Gasteiger partial charge in [-0.3, -0.25) is 9.82 Å². The molecule has 108 valence electrons. The molecule has 0 spiro atoms. The highest BCUT2D eigenvalue weighted by Gasteiger charge is 2.22. The molecule has 0 atom stereocenters. The Morgan fingerprint density at radius 3 is 2.60 bits per heavy atom. The highest BCUT2D eigenvalue weighted by molar-refractivity contribution is 9.10. The van der Waals surface area contributed by atoms with E-state index < -0.39 is 15.8 Å². The maximum Gasteiger partial charge on any atom is 0.265 e. The summed E-state index contributed by atoms with van der Waals surface area (Å²) in [6.45, 7) is 3.49. The molecule has 0 amide bonds. The zero-order chi connectivity index (χ0) is 15.1. The number of halogens is 2. The fourth-order valence-corrected chi connectivity index (χ4v) is 3.24. The molecular formula is C11H12BrFN4O2S. The SMILES string of the molecule is Cc1[nH]nc(NS(=O)(=O)c2cc(Br)c(F)cc2N)c1C. The average molecular weight is 363 g/mol. The zero-order valence-electron chi connectivity index (χ0n) is 10.7. The molecule has 0 saturated heterocycles. The van der Waals surface area contributed by atoms with Crippen molar-refractivity contribution in [1.29, 1.82) is 0 Å². The van der Waals surface area contributed by atoms with Gasteiger partial charge in [0.15, 0.2) is 5.82 Å². The molecule has 9 heteroatoms. The van der Waals surface area contributed by atoms with Crippen molar-refractivity contribution in [2.75, 3.05) is 10.5 Å². The number of nitrogens with two attached hydrogens (primary N) is 1. The van der Waals surface area contributed by atoms with Crippen molar-refractivity contribution in [3.05, 3.63) is 33.7 Å². The topological polar surface area (TPSA) is 101 Å². The number of aromatic nitrogens is 2. The molecule has 1 aromatic heterocycles. The Balaban J connectivity index is 2.46. The number of aryl methyl sites for hydroxylation is 1. The summed E-state index contributed by atoms with van der Waals surface area (Å²) >= 11 is 2.93. The van der Waals surface area contributed by atoms with Gasteiger partial charge in [0, 0.05) is 11.3 Å². The van der Waals surface area contributed by atoms with Gasteiger partial charge in [0.05, 0.1) is 10.2 Å². The van der Waals surface area contributed by atoms with Gasteiger partial charge in [0.1, 0.15) is 10.7 Å². The van der Waals surface area contributed by atoms with Crippen molar-refractivity contribution in [3.63, 3.8) is 0 Å². The minimum absolute atomic E-state index is 0.0157. The summed E-state index contributed by atoms with van der Waals surface area (Å²) in [6, 6.07) is 2.06. The molecule has 0 fully saturated rings. The third kappa shape index (κ3) is 2.63. The van der Waals surface area contributed by atoms with Crippen molar-refractivity contribution in [2.24, 2.45) is 0 Å². The van der Waals surface area contributed by atoms with Crippen LogP contribution in [0.5, 0.6) is 0 Å². The molecular weight excluding hydrogens is 351 g/mol. The lowest BCUT2D eigenvalue weighted by molar-refractivity contribution is 0.599. The molecule has 1 heterocycles. The molecule has 6 nitrogen and oxygen atoms in total. The Labute approximate surface area is 123 Å². The van der Waals surface area contributed by atoms with E-state index in [0.717, 1.165) is 17.8 Å². The van der Waals surface area contributed by atoms with Crippen molar-refractivity contribution in [1.82, 2.24) is 10.2 Å². The molecule has 0 unspecified atom stereocenters. The summed E-state index contributed by atoms with van der Waals surface area (Å²) in [5.41, 5.74) is 6.81. The van der Waals surface area contributed by atoms with E-state index in [4.69, 9.17) is 5.73 Å². The lowest BCUT2D eigenvalue weighted by atomic mass is 10.3. The molecule has 0 aliphatic carbocycles. The summed E-state index contributed by atoms with van der Waals surface area (Å²) in [5.74, 6) is -0.449. The lowest BCUT2D eigenvalue weighted by Crippen LogP contribution is -2.16. The van der Waals surface area contributed by atoms with Crippen LogP contribution in [0.25, 0.3) is 0 Å². The van der Waals surface area contributed by atoms with Crippen LogP contribution >= 0.6 is 15.9 Å². The number of rotatable bonds is 3. The Kier molecular flexibility index (Phi) is 3.74. The first-order chi connectivity index (χ1) is 9.22. The van der Waals surface area contributed by atoms with Crippen LogP contribution in [0.1, 0.15) is 11.3 Å². The van der Waals surface area contributed by atoms with Crippen molar-refractivity contribution in [3.8, 4) is 0 Å². The minimum Gasteiger partial charge on any atom is -0.398 e. The van der Waals surface area contributed by atoms with Crippen LogP contribution in [0.15, 0.2) is 21.5 Å². The number of sulfonamides is 1. The number of benzene rings is 1. The second-order valence-electron chi connectivity index (χ2n) is 4.23. The number of hydrogen-bond acceptors (Lipinski definition) is 4. The van der Waals surface area contributed by atoms with E-state index in [-0.39, 0.29) is 20.9 Å². The van der Waals surface area contributed by atoms with Crippen LogP contribution in [0, 0.1) is 19.7 Å². The standard InChI is InChI=1S/C11H12BrFN4O2S/c1-5-6(2)15-16-11(5)17-20(18,19)10-3-7(12)8(13)4-9(10)14/h3-4H,14H2,1-2H3,(H2,15,16,17). The number of H-pyrrole nitrogens is 1. The number of nitrogens with zero attached hydrogens (tertiary/aromatic N) is 1. The molecule has 0 bridgehead atoms. The van der Waals surface area contributed by atoms with Gasteiger partial charge < -0.3 is 5.73 Å². The molecule has 1 aromatic carbocycles. The summed E-state index contributed by atoms with van der Waals surface area (Å²) in [7, 11) is -3.95. The largest absolute Gasteiger partial charge is 0.398 e. The first-order valence-corrected chi connectivity index (χ1v) is 7.79. The molecule has 2 aromatic rings. The van der Waals surface area contributed by atoms with Crippen molar-refractivity contribution in [2.45, 2.75) is 18.7 Å². The Morgan fingerprint density at radius 1 is 1.40 bits per heavy atom.